The monoisotopic (exact) mass is 1320 g/mol. The highest BCUT2D eigenvalue weighted by molar-refractivity contribution is 9.58. The van der Waals surface area contributed by atoms with Crippen molar-refractivity contribution in [3.63, 3.8) is 0 Å². The van der Waals surface area contributed by atoms with Gasteiger partial charge in [-0.25, -0.2) is 0 Å². The number of rotatable bonds is 26. The molecule has 1 fully saturated rings. The maximum Gasteiger partial charge on any atom is 0.460 e. The minimum Gasteiger partial charge on any atom is -0.519 e. The molecule has 0 bridgehead atoms. The smallest absolute Gasteiger partial charge is 0.460 e. The van der Waals surface area contributed by atoms with Crippen LogP contribution in [0.4, 0.5) is 149 Å². The van der Waals surface area contributed by atoms with Crippen LogP contribution in [0.2, 0.25) is 0 Å². The predicted molar refractivity (Wildman–Crippen MR) is 216 cm³/mol. The van der Waals surface area contributed by atoms with E-state index < -0.39 is 157 Å². The minimum absolute atomic E-state index is 0.152. The molecule has 0 radical (unpaired) electrons. The van der Waals surface area contributed by atoms with Crippen molar-refractivity contribution in [2.24, 2.45) is 0 Å². The van der Waals surface area contributed by atoms with Gasteiger partial charge in [-0.15, -0.1) is 0 Å². The first-order chi connectivity index (χ1) is 34.3. The average molecular weight is 1320 g/mol. The lowest BCUT2D eigenvalue weighted by molar-refractivity contribution is -0.461. The summed E-state index contributed by atoms with van der Waals surface area (Å²) in [6.45, 7) is -1.59. The molecule has 3 rings (SSSR count). The summed E-state index contributed by atoms with van der Waals surface area (Å²) in [6, 6.07) is 10.0. The van der Waals surface area contributed by atoms with Gasteiger partial charge in [-0.05, 0) is 74.2 Å². The van der Waals surface area contributed by atoms with Gasteiger partial charge in [0.25, 0.3) is 0 Å². The number of benzene rings is 2. The Morgan fingerprint density at radius 1 is 0.295 bits per heavy atom. The van der Waals surface area contributed by atoms with E-state index in [9.17, 15) is 149 Å². The van der Waals surface area contributed by atoms with E-state index in [1.807, 2.05) is 0 Å². The normalized spacial score (nSPS) is 19.9. The Morgan fingerprint density at radius 3 is 0.718 bits per heavy atom. The van der Waals surface area contributed by atoms with Crippen LogP contribution in [0.15, 0.2) is 48.5 Å². The van der Waals surface area contributed by atoms with Gasteiger partial charge in [0.15, 0.2) is 22.0 Å². The molecular formula is C36H24F34O2P2S4. The van der Waals surface area contributed by atoms with Gasteiger partial charge in [0.05, 0.1) is 13.2 Å². The van der Waals surface area contributed by atoms with E-state index in [4.69, 9.17) is 34.0 Å². The molecule has 2 aromatic carbocycles. The molecule has 1 saturated heterocycles. The molecule has 0 amide bonds. The zero-order valence-corrected chi connectivity index (χ0v) is 41.5. The van der Waals surface area contributed by atoms with Crippen LogP contribution in [-0.4, -0.2) is 108 Å². The second-order valence-corrected chi connectivity index (χ2v) is 37.3. The third-order valence-corrected chi connectivity index (χ3v) is 41.9. The minimum atomic E-state index is -8.75. The molecule has 1 heterocycles. The Hall–Kier alpha value is -2.08. The van der Waals surface area contributed by atoms with Crippen LogP contribution in [0, 0.1) is 0 Å². The van der Waals surface area contributed by atoms with Crippen molar-refractivity contribution in [3.05, 3.63) is 48.5 Å². The second-order valence-electron chi connectivity index (χ2n) is 16.1. The van der Waals surface area contributed by atoms with E-state index in [1.165, 1.54) is 48.5 Å². The van der Waals surface area contributed by atoms with E-state index in [0.29, 0.717) is 10.6 Å². The molecular weight excluding hydrogens is 1300 g/mol. The summed E-state index contributed by atoms with van der Waals surface area (Å²) in [4.78, 5) is -5.32. The zero-order chi connectivity index (χ0) is 61.5. The molecule has 0 aromatic heterocycles. The summed E-state index contributed by atoms with van der Waals surface area (Å²) in [6.07, 6.45) is -25.7. The predicted octanol–water partition coefficient (Wildman–Crippen LogP) is 17.9. The summed E-state index contributed by atoms with van der Waals surface area (Å²) in [5.74, 6) is -115. The molecule has 0 atom stereocenters. The van der Waals surface area contributed by atoms with Crippen LogP contribution in [0.1, 0.15) is 38.5 Å². The fraction of sp³-hybridized carbons (Fsp3) is 0.667. The molecule has 2 aromatic rings. The third kappa shape index (κ3) is 11.4. The van der Waals surface area contributed by atoms with Crippen LogP contribution < -0.4 is 20.1 Å². The summed E-state index contributed by atoms with van der Waals surface area (Å²) >= 11 is 13.6. The number of ether oxygens (including phenoxy) is 2. The van der Waals surface area contributed by atoms with Crippen molar-refractivity contribution in [2.45, 2.75) is 134 Å². The summed E-state index contributed by atoms with van der Waals surface area (Å²) in [5, 5.41) is 0.826. The van der Waals surface area contributed by atoms with E-state index >= 15 is 0 Å². The molecule has 2 nitrogen and oxygen atoms in total. The second kappa shape index (κ2) is 21.5. The maximum atomic E-state index is 14.2. The highest BCUT2D eigenvalue weighted by Crippen LogP contribution is 3.12. The van der Waals surface area contributed by atoms with Crippen LogP contribution in [-0.2, 0) is 24.5 Å². The Bertz CT molecular complexity index is 2210. The van der Waals surface area contributed by atoms with Crippen molar-refractivity contribution in [2.75, 3.05) is 13.2 Å². The van der Waals surface area contributed by atoms with Crippen molar-refractivity contribution < 1.29 is 159 Å². The number of unbranched alkanes of at least 4 members (excludes halogenated alkanes) is 2. The van der Waals surface area contributed by atoms with E-state index in [0.717, 1.165) is 22.0 Å². The van der Waals surface area contributed by atoms with Gasteiger partial charge >= 0.3 is 95.3 Å². The molecule has 0 N–H and O–H groups in total. The quantitative estimate of drug-likeness (QED) is 0.0402. The van der Waals surface area contributed by atoms with Crippen LogP contribution in [0.25, 0.3) is 0 Å². The molecule has 78 heavy (non-hydrogen) atoms. The van der Waals surface area contributed by atoms with Crippen LogP contribution in [0.5, 0.6) is 11.5 Å². The Morgan fingerprint density at radius 2 is 0.500 bits per heavy atom. The maximum absolute atomic E-state index is 14.2. The van der Waals surface area contributed by atoms with Gasteiger partial charge in [0.2, 0.25) is 0 Å². The van der Waals surface area contributed by atoms with Gasteiger partial charge in [-0.2, -0.15) is 149 Å². The molecule has 1 aliphatic rings. The lowest BCUT2D eigenvalue weighted by atomic mass is 9.88. The zero-order valence-electron chi connectivity index (χ0n) is 36.5. The van der Waals surface area contributed by atoms with E-state index in [1.54, 1.807) is 0 Å². The largest absolute Gasteiger partial charge is 0.519 e. The van der Waals surface area contributed by atoms with Crippen molar-refractivity contribution in [1.82, 2.24) is 0 Å². The van der Waals surface area contributed by atoms with E-state index in [2.05, 4.69) is 0 Å². The van der Waals surface area contributed by atoms with Gasteiger partial charge in [0, 0.05) is 12.8 Å². The standard InChI is InChI=1S/C36H24F34O2P2S4/c37-21(38,23(41,42)25(45,46)27(49,50)29(53,54)31(57,58)33(61,62)35(65,66)67)13-1-3-15-71-17-5-9-19(10-6-17)73(75)77-74(76,78-73)20-11-7-18(8-12-20)72-16-4-2-14-22(39,40)24(43,44)26(47,48)28(51,52)30(55,56)32(59,60)34(63,64)36(68,69)70/h5-12H,1-4,13-16H2. The SMILES string of the molecule is FC(F)(F)C(F)(F)C(F)(F)C(F)(F)C(F)(F)C(F)(F)C(F)(F)C(F)(F)CCCCOc1ccc([P+]2([S-])S[P+]([S-])(c3ccc(OCCCCC(F)(F)C(F)(F)C(F)(F)C(F)(F)C(F)(F)C(F)(F)C(F)(F)C(F)(F)F)cc3)S2)cc1. The Kier molecular flexibility index (Phi) is 19.4. The Balaban J connectivity index is 1.55. The van der Waals surface area contributed by atoms with Crippen molar-refractivity contribution in [3.8, 4) is 11.5 Å². The van der Waals surface area contributed by atoms with Gasteiger partial charge in [-0.3, -0.25) is 0 Å². The molecule has 452 valence electrons. The van der Waals surface area contributed by atoms with Gasteiger partial charge in [0.1, 0.15) is 31.8 Å². The lowest BCUT2D eigenvalue weighted by Crippen LogP contribution is -2.74. The number of alkyl halides is 34. The third-order valence-electron chi connectivity index (χ3n) is 10.6. The summed E-state index contributed by atoms with van der Waals surface area (Å²) in [5.41, 5.74) is 0. The lowest BCUT2D eigenvalue weighted by Gasteiger charge is -2.44. The molecule has 0 aliphatic carbocycles. The summed E-state index contributed by atoms with van der Waals surface area (Å²) < 4.78 is 469. The molecule has 0 unspecified atom stereocenters. The van der Waals surface area contributed by atoms with Gasteiger partial charge in [-0.1, -0.05) is 0 Å². The first kappa shape index (κ1) is 70.2. The van der Waals surface area contributed by atoms with Gasteiger partial charge < -0.3 is 34.0 Å². The molecule has 0 saturated carbocycles. The average Bonchev–Trinajstić information content (AvgIpc) is 3.26. The first-order valence-corrected chi connectivity index (χ1v) is 29.5. The number of hydrogen-bond donors (Lipinski definition) is 0. The topological polar surface area (TPSA) is 18.5 Å². The van der Waals surface area contributed by atoms with E-state index in [-0.39, 0.29) is 11.5 Å². The summed E-state index contributed by atoms with van der Waals surface area (Å²) in [7, 11) is 0. The number of halogens is 34. The molecule has 42 heteroatoms. The highest BCUT2D eigenvalue weighted by Gasteiger charge is 2.97. The molecule has 0 spiro atoms. The van der Waals surface area contributed by atoms with Crippen molar-refractivity contribution >= 4 is 66.8 Å². The number of hydrogen-bond acceptors (Lipinski definition) is 6. The van der Waals surface area contributed by atoms with Crippen LogP contribution >= 0.6 is 31.7 Å². The van der Waals surface area contributed by atoms with Crippen LogP contribution in [0.3, 0.4) is 0 Å². The molecule has 1 aliphatic heterocycles. The fourth-order valence-corrected chi connectivity index (χ4v) is 48.2. The highest BCUT2D eigenvalue weighted by atomic mass is 33.8. The Labute approximate surface area is 431 Å². The van der Waals surface area contributed by atoms with Crippen molar-refractivity contribution in [1.29, 1.82) is 0 Å². The first-order valence-electron chi connectivity index (χ1n) is 19.8. The fourth-order valence-electron chi connectivity index (χ4n) is 5.91.